The Labute approximate surface area is 99.4 Å². The fourth-order valence-corrected chi connectivity index (χ4v) is 2.04. The standard InChI is InChI=1S/C13H26N2O/c1-5-10(2)11(14)12(16)15-8-6-13(3,4)7-9-15/h10-11H,5-9,14H2,1-4H3. The lowest BCUT2D eigenvalue weighted by Crippen LogP contribution is -2.50. The number of carbonyl (C=O) groups is 1. The number of likely N-dealkylation sites (tertiary alicyclic amines) is 1. The summed E-state index contributed by atoms with van der Waals surface area (Å²) in [5, 5.41) is 0. The van der Waals surface area contributed by atoms with Crippen molar-refractivity contribution in [2.75, 3.05) is 13.1 Å². The number of nitrogens with zero attached hydrogens (tertiary/aromatic N) is 1. The molecule has 0 bridgehead atoms. The molecule has 2 unspecified atom stereocenters. The normalized spacial score (nSPS) is 23.9. The van der Waals surface area contributed by atoms with Crippen LogP contribution < -0.4 is 5.73 Å². The van der Waals surface area contributed by atoms with Gasteiger partial charge in [0.2, 0.25) is 5.91 Å². The maximum Gasteiger partial charge on any atom is 0.239 e. The minimum absolute atomic E-state index is 0.143. The van der Waals surface area contributed by atoms with Gasteiger partial charge in [0.15, 0.2) is 0 Å². The number of nitrogens with two attached hydrogens (primary N) is 1. The van der Waals surface area contributed by atoms with E-state index in [-0.39, 0.29) is 17.9 Å². The van der Waals surface area contributed by atoms with Crippen LogP contribution in [0.5, 0.6) is 0 Å². The second-order valence-electron chi connectivity index (χ2n) is 5.90. The van der Waals surface area contributed by atoms with E-state index in [1.165, 1.54) is 0 Å². The number of piperidine rings is 1. The highest BCUT2D eigenvalue weighted by atomic mass is 16.2. The summed E-state index contributed by atoms with van der Waals surface area (Å²) in [7, 11) is 0. The summed E-state index contributed by atoms with van der Waals surface area (Å²) in [6.45, 7) is 10.4. The highest BCUT2D eigenvalue weighted by Crippen LogP contribution is 2.30. The van der Waals surface area contributed by atoms with Crippen LogP contribution in [0.25, 0.3) is 0 Å². The Kier molecular flexibility index (Phi) is 4.36. The first-order valence-corrected chi connectivity index (χ1v) is 6.42. The van der Waals surface area contributed by atoms with Crippen LogP contribution in [0.3, 0.4) is 0 Å². The Morgan fingerprint density at radius 1 is 1.38 bits per heavy atom. The van der Waals surface area contributed by atoms with Crippen molar-refractivity contribution in [3.63, 3.8) is 0 Å². The van der Waals surface area contributed by atoms with Crippen LogP contribution in [0.1, 0.15) is 47.0 Å². The van der Waals surface area contributed by atoms with Crippen LogP contribution in [-0.2, 0) is 4.79 Å². The Morgan fingerprint density at radius 2 is 1.88 bits per heavy atom. The highest BCUT2D eigenvalue weighted by molar-refractivity contribution is 5.82. The molecule has 0 radical (unpaired) electrons. The highest BCUT2D eigenvalue weighted by Gasteiger charge is 2.31. The van der Waals surface area contributed by atoms with Gasteiger partial charge < -0.3 is 10.6 Å². The molecule has 3 heteroatoms. The SMILES string of the molecule is CCC(C)C(N)C(=O)N1CCC(C)(C)CC1. The summed E-state index contributed by atoms with van der Waals surface area (Å²) in [6, 6.07) is -0.314. The van der Waals surface area contributed by atoms with Crippen LogP contribution in [0.2, 0.25) is 0 Å². The molecular weight excluding hydrogens is 200 g/mol. The van der Waals surface area contributed by atoms with Crippen molar-refractivity contribution in [3.8, 4) is 0 Å². The molecule has 3 nitrogen and oxygen atoms in total. The van der Waals surface area contributed by atoms with Crippen molar-refractivity contribution >= 4 is 5.91 Å². The molecule has 0 aliphatic carbocycles. The molecular formula is C13H26N2O. The molecule has 16 heavy (non-hydrogen) atoms. The Bertz CT molecular complexity index is 240. The molecule has 0 spiro atoms. The summed E-state index contributed by atoms with van der Waals surface area (Å²) >= 11 is 0. The van der Waals surface area contributed by atoms with E-state index in [4.69, 9.17) is 5.73 Å². The summed E-state index contributed by atoms with van der Waals surface area (Å²) in [4.78, 5) is 14.1. The molecule has 0 aromatic carbocycles. The molecule has 1 saturated heterocycles. The quantitative estimate of drug-likeness (QED) is 0.800. The van der Waals surface area contributed by atoms with Gasteiger partial charge in [-0.05, 0) is 24.2 Å². The van der Waals surface area contributed by atoms with Gasteiger partial charge in [-0.3, -0.25) is 4.79 Å². The Balaban J connectivity index is 2.50. The molecule has 0 aromatic heterocycles. The molecule has 2 atom stereocenters. The monoisotopic (exact) mass is 226 g/mol. The van der Waals surface area contributed by atoms with Crippen molar-refractivity contribution in [2.24, 2.45) is 17.1 Å². The van der Waals surface area contributed by atoms with Crippen molar-refractivity contribution in [2.45, 2.75) is 53.0 Å². The Hall–Kier alpha value is -0.570. The molecule has 1 amide bonds. The number of amides is 1. The lowest BCUT2D eigenvalue weighted by molar-refractivity contribution is -0.135. The van der Waals surface area contributed by atoms with Gasteiger partial charge in [0.25, 0.3) is 0 Å². The van der Waals surface area contributed by atoms with E-state index in [1.807, 2.05) is 4.90 Å². The van der Waals surface area contributed by atoms with Gasteiger partial charge >= 0.3 is 0 Å². The van der Waals surface area contributed by atoms with Gasteiger partial charge in [0, 0.05) is 13.1 Å². The number of carbonyl (C=O) groups excluding carboxylic acids is 1. The Morgan fingerprint density at radius 3 is 2.31 bits per heavy atom. The summed E-state index contributed by atoms with van der Waals surface area (Å²) < 4.78 is 0. The zero-order valence-electron chi connectivity index (χ0n) is 11.1. The molecule has 1 aliphatic heterocycles. The summed E-state index contributed by atoms with van der Waals surface area (Å²) in [5.74, 6) is 0.423. The fourth-order valence-electron chi connectivity index (χ4n) is 2.04. The molecule has 0 saturated carbocycles. The second kappa shape index (κ2) is 5.17. The summed E-state index contributed by atoms with van der Waals surface area (Å²) in [6.07, 6.45) is 3.14. The van der Waals surface area contributed by atoms with Crippen LogP contribution >= 0.6 is 0 Å². The van der Waals surface area contributed by atoms with Gasteiger partial charge in [-0.2, -0.15) is 0 Å². The first-order chi connectivity index (χ1) is 7.37. The third-order valence-corrected chi connectivity index (χ3v) is 3.97. The van der Waals surface area contributed by atoms with E-state index < -0.39 is 0 Å². The van der Waals surface area contributed by atoms with E-state index in [0.29, 0.717) is 5.41 Å². The largest absolute Gasteiger partial charge is 0.341 e. The molecule has 1 aliphatic rings. The first-order valence-electron chi connectivity index (χ1n) is 6.42. The van der Waals surface area contributed by atoms with Gasteiger partial charge in [0.05, 0.1) is 6.04 Å². The van der Waals surface area contributed by atoms with Crippen molar-refractivity contribution < 1.29 is 4.79 Å². The van der Waals surface area contributed by atoms with E-state index in [2.05, 4.69) is 27.7 Å². The van der Waals surface area contributed by atoms with Crippen LogP contribution in [0.4, 0.5) is 0 Å². The topological polar surface area (TPSA) is 46.3 Å². The van der Waals surface area contributed by atoms with E-state index in [1.54, 1.807) is 0 Å². The number of hydrogen-bond donors (Lipinski definition) is 1. The first kappa shape index (κ1) is 13.5. The van der Waals surface area contributed by atoms with Crippen LogP contribution in [0, 0.1) is 11.3 Å². The zero-order chi connectivity index (χ0) is 12.3. The average molecular weight is 226 g/mol. The lowest BCUT2D eigenvalue weighted by atomic mass is 9.82. The van der Waals surface area contributed by atoms with Crippen LogP contribution in [-0.4, -0.2) is 29.9 Å². The molecule has 1 fully saturated rings. The lowest BCUT2D eigenvalue weighted by Gasteiger charge is -2.38. The molecule has 1 rings (SSSR count). The number of hydrogen-bond acceptors (Lipinski definition) is 2. The maximum absolute atomic E-state index is 12.1. The number of rotatable bonds is 3. The maximum atomic E-state index is 12.1. The predicted molar refractivity (Wildman–Crippen MR) is 67.0 cm³/mol. The second-order valence-corrected chi connectivity index (χ2v) is 5.90. The zero-order valence-corrected chi connectivity index (χ0v) is 11.1. The predicted octanol–water partition coefficient (Wildman–Crippen LogP) is 2.01. The minimum Gasteiger partial charge on any atom is -0.341 e. The van der Waals surface area contributed by atoms with Gasteiger partial charge in [-0.15, -0.1) is 0 Å². The van der Waals surface area contributed by atoms with Gasteiger partial charge in [-0.1, -0.05) is 34.1 Å². The third-order valence-electron chi connectivity index (χ3n) is 3.97. The van der Waals surface area contributed by atoms with Crippen molar-refractivity contribution in [1.29, 1.82) is 0 Å². The summed E-state index contributed by atoms with van der Waals surface area (Å²) in [5.41, 5.74) is 6.36. The molecule has 0 aromatic rings. The minimum atomic E-state index is -0.314. The van der Waals surface area contributed by atoms with E-state index >= 15 is 0 Å². The van der Waals surface area contributed by atoms with E-state index in [0.717, 1.165) is 32.4 Å². The molecule has 94 valence electrons. The fraction of sp³-hybridized carbons (Fsp3) is 0.923. The van der Waals surface area contributed by atoms with E-state index in [9.17, 15) is 4.79 Å². The third kappa shape index (κ3) is 3.21. The average Bonchev–Trinajstić information content (AvgIpc) is 2.26. The van der Waals surface area contributed by atoms with Crippen molar-refractivity contribution in [1.82, 2.24) is 4.90 Å². The van der Waals surface area contributed by atoms with Gasteiger partial charge in [-0.25, -0.2) is 0 Å². The van der Waals surface area contributed by atoms with Crippen molar-refractivity contribution in [3.05, 3.63) is 0 Å². The van der Waals surface area contributed by atoms with Crippen LogP contribution in [0.15, 0.2) is 0 Å². The van der Waals surface area contributed by atoms with Gasteiger partial charge in [0.1, 0.15) is 0 Å². The molecule has 1 heterocycles. The smallest absolute Gasteiger partial charge is 0.239 e. The molecule has 2 N–H and O–H groups in total.